The van der Waals surface area contributed by atoms with Gasteiger partial charge in [0.05, 0.1) is 6.61 Å². The summed E-state index contributed by atoms with van der Waals surface area (Å²) in [5.41, 5.74) is 5.91. The van der Waals surface area contributed by atoms with Crippen LogP contribution in [0.15, 0.2) is 11.6 Å². The zero-order chi connectivity index (χ0) is 12.1. The molecule has 1 atom stereocenters. The van der Waals surface area contributed by atoms with Crippen LogP contribution in [-0.4, -0.2) is 27.8 Å². The van der Waals surface area contributed by atoms with E-state index in [2.05, 4.69) is 8.83 Å². The predicted octanol–water partition coefficient (Wildman–Crippen LogP) is 0.118. The van der Waals surface area contributed by atoms with E-state index in [1.807, 2.05) is 0 Å². The van der Waals surface area contributed by atoms with Crippen molar-refractivity contribution >= 4 is 15.6 Å². The Bertz CT molecular complexity index is 321. The first kappa shape index (κ1) is 15.0. The number of nitrogens with two attached hydrogens (primary N) is 1. The van der Waals surface area contributed by atoms with E-state index >= 15 is 0 Å². The van der Waals surface area contributed by atoms with Gasteiger partial charge in [0.15, 0.2) is 0 Å². The molecule has 0 rings (SSSR count). The van der Waals surface area contributed by atoms with Crippen LogP contribution in [0.5, 0.6) is 0 Å². The van der Waals surface area contributed by atoms with Gasteiger partial charge in [0.1, 0.15) is 0 Å². The lowest BCUT2D eigenvalue weighted by atomic mass is 10.3. The van der Waals surface area contributed by atoms with Gasteiger partial charge in [0, 0.05) is 6.54 Å². The van der Waals surface area contributed by atoms with Gasteiger partial charge in [-0.2, -0.15) is 4.31 Å². The third-order valence-corrected chi connectivity index (χ3v) is 3.35. The van der Waals surface area contributed by atoms with Crippen LogP contribution >= 0.6 is 15.6 Å². The molecule has 1 unspecified atom stereocenters. The number of hydrogen-bond acceptors (Lipinski definition) is 5. The van der Waals surface area contributed by atoms with E-state index in [0.717, 1.165) is 0 Å². The molecule has 0 heterocycles. The molecule has 10 heteroatoms. The lowest BCUT2D eigenvalue weighted by Crippen LogP contribution is -2.01. The summed E-state index contributed by atoms with van der Waals surface area (Å²) in [6, 6.07) is 0. The van der Waals surface area contributed by atoms with Crippen molar-refractivity contribution in [2.45, 2.75) is 6.92 Å². The van der Waals surface area contributed by atoms with Gasteiger partial charge in [-0.25, -0.2) is 9.13 Å². The van der Waals surface area contributed by atoms with Gasteiger partial charge in [0.2, 0.25) is 0 Å². The number of phosphoric acid groups is 2. The van der Waals surface area contributed by atoms with E-state index in [1.165, 1.54) is 6.08 Å². The van der Waals surface area contributed by atoms with Crippen molar-refractivity contribution in [1.82, 2.24) is 0 Å². The molecule has 0 spiro atoms. The third-order valence-electron chi connectivity index (χ3n) is 1.20. The lowest BCUT2D eigenvalue weighted by Gasteiger charge is -2.11. The van der Waals surface area contributed by atoms with Gasteiger partial charge in [-0.05, 0) is 6.92 Å². The second-order valence-electron chi connectivity index (χ2n) is 2.59. The van der Waals surface area contributed by atoms with E-state index in [4.69, 9.17) is 20.4 Å². The van der Waals surface area contributed by atoms with Gasteiger partial charge in [0.25, 0.3) is 0 Å². The summed E-state index contributed by atoms with van der Waals surface area (Å²) in [6.45, 7) is 1.59. The molecule has 5 N–H and O–H groups in total. The van der Waals surface area contributed by atoms with E-state index < -0.39 is 15.6 Å². The summed E-state index contributed by atoms with van der Waals surface area (Å²) >= 11 is 0. The predicted molar refractivity (Wildman–Crippen MR) is 51.7 cm³/mol. The molecule has 0 radical (unpaired) electrons. The number of rotatable bonds is 6. The molecule has 8 nitrogen and oxygen atoms in total. The molecule has 0 aromatic heterocycles. The highest BCUT2D eigenvalue weighted by molar-refractivity contribution is 7.60. The largest absolute Gasteiger partial charge is 0.481 e. The maximum atomic E-state index is 10.9. The Labute approximate surface area is 86.6 Å². The first-order valence-corrected chi connectivity index (χ1v) is 6.79. The summed E-state index contributed by atoms with van der Waals surface area (Å²) < 4.78 is 28.9. The van der Waals surface area contributed by atoms with Gasteiger partial charge < -0.3 is 20.4 Å². The molecule has 0 aromatic rings. The van der Waals surface area contributed by atoms with Gasteiger partial charge >= 0.3 is 15.6 Å². The third kappa shape index (κ3) is 8.92. The Morgan fingerprint density at radius 1 is 1.40 bits per heavy atom. The highest BCUT2D eigenvalue weighted by atomic mass is 31.3. The van der Waals surface area contributed by atoms with Crippen LogP contribution in [-0.2, 0) is 18.0 Å². The summed E-state index contributed by atoms with van der Waals surface area (Å²) in [5, 5.41) is 0. The normalized spacial score (nSPS) is 17.5. The summed E-state index contributed by atoms with van der Waals surface area (Å²) in [7, 11) is -9.77. The Morgan fingerprint density at radius 2 is 1.93 bits per heavy atom. The fourth-order valence-electron chi connectivity index (χ4n) is 0.515. The lowest BCUT2D eigenvalue weighted by molar-refractivity contribution is 0.191. The van der Waals surface area contributed by atoms with Crippen molar-refractivity contribution < 1.29 is 32.6 Å². The van der Waals surface area contributed by atoms with Gasteiger partial charge in [-0.3, -0.25) is 4.52 Å². The molecular formula is C5H13NO7P2. The Morgan fingerprint density at radius 3 is 2.33 bits per heavy atom. The molecule has 0 aliphatic heterocycles. The number of phosphoric ester groups is 1. The SMILES string of the molecule is CC(=CCOP(=O)(O)OP(=O)(O)O)CN. The monoisotopic (exact) mass is 261 g/mol. The zero-order valence-corrected chi connectivity index (χ0v) is 9.73. The van der Waals surface area contributed by atoms with Crippen molar-refractivity contribution in [3.05, 3.63) is 11.6 Å². The van der Waals surface area contributed by atoms with Crippen LogP contribution in [0.1, 0.15) is 6.92 Å². The molecule has 0 saturated carbocycles. The molecule has 0 amide bonds. The van der Waals surface area contributed by atoms with Crippen LogP contribution < -0.4 is 5.73 Å². The van der Waals surface area contributed by atoms with Gasteiger partial charge in [-0.1, -0.05) is 11.6 Å². The quantitative estimate of drug-likeness (QED) is 0.390. The van der Waals surface area contributed by atoms with Crippen LogP contribution in [0.2, 0.25) is 0 Å². The van der Waals surface area contributed by atoms with Crippen LogP contribution in [0.25, 0.3) is 0 Å². The first-order valence-electron chi connectivity index (χ1n) is 3.76. The first-order chi connectivity index (χ1) is 6.66. The topological polar surface area (TPSA) is 139 Å². The smallest absolute Gasteiger partial charge is 0.327 e. The summed E-state index contributed by atoms with van der Waals surface area (Å²) in [4.78, 5) is 25.3. The van der Waals surface area contributed by atoms with Crippen molar-refractivity contribution in [2.24, 2.45) is 5.73 Å². The molecule has 15 heavy (non-hydrogen) atoms. The average molecular weight is 261 g/mol. The minimum absolute atomic E-state index is 0.248. The molecule has 0 aromatic carbocycles. The molecule has 0 aliphatic carbocycles. The zero-order valence-electron chi connectivity index (χ0n) is 7.94. The maximum Gasteiger partial charge on any atom is 0.481 e. The minimum Gasteiger partial charge on any atom is -0.327 e. The van der Waals surface area contributed by atoms with Crippen molar-refractivity contribution in [3.8, 4) is 0 Å². The summed E-state index contributed by atoms with van der Waals surface area (Å²) in [6.07, 6.45) is 1.39. The molecule has 0 bridgehead atoms. The summed E-state index contributed by atoms with van der Waals surface area (Å²) in [5.74, 6) is 0. The Balaban J connectivity index is 4.18. The van der Waals surface area contributed by atoms with E-state index in [9.17, 15) is 9.13 Å². The average Bonchev–Trinajstić information content (AvgIpc) is 1.98. The highest BCUT2D eigenvalue weighted by Gasteiger charge is 2.31. The van der Waals surface area contributed by atoms with Crippen LogP contribution in [0.4, 0.5) is 0 Å². The van der Waals surface area contributed by atoms with E-state index in [1.54, 1.807) is 6.92 Å². The van der Waals surface area contributed by atoms with E-state index in [0.29, 0.717) is 5.57 Å². The highest BCUT2D eigenvalue weighted by Crippen LogP contribution is 2.57. The molecule has 0 aliphatic rings. The van der Waals surface area contributed by atoms with E-state index in [-0.39, 0.29) is 13.2 Å². The van der Waals surface area contributed by atoms with Crippen LogP contribution in [0, 0.1) is 0 Å². The fraction of sp³-hybridized carbons (Fsp3) is 0.600. The molecular weight excluding hydrogens is 248 g/mol. The second kappa shape index (κ2) is 5.89. The number of hydrogen-bond donors (Lipinski definition) is 4. The second-order valence-corrected chi connectivity index (χ2v) is 5.42. The molecule has 0 fully saturated rings. The van der Waals surface area contributed by atoms with Crippen molar-refractivity contribution in [2.75, 3.05) is 13.2 Å². The maximum absolute atomic E-state index is 10.9. The fourth-order valence-corrected chi connectivity index (χ4v) is 2.04. The Hall–Kier alpha value is -0.0400. The van der Waals surface area contributed by atoms with Crippen molar-refractivity contribution in [1.29, 1.82) is 0 Å². The standard InChI is InChI=1S/C5H13NO7P2/c1-5(4-6)2-3-12-15(10,11)13-14(7,8)9/h2H,3-4,6H2,1H3,(H,10,11)(H2,7,8,9). The van der Waals surface area contributed by atoms with Crippen LogP contribution in [0.3, 0.4) is 0 Å². The Kier molecular flexibility index (Phi) is 5.87. The van der Waals surface area contributed by atoms with Gasteiger partial charge in [-0.15, -0.1) is 0 Å². The molecule has 0 saturated heterocycles. The minimum atomic E-state index is -5.04. The van der Waals surface area contributed by atoms with Crippen molar-refractivity contribution in [3.63, 3.8) is 0 Å². The molecule has 90 valence electrons.